The van der Waals surface area contributed by atoms with Crippen LogP contribution in [0.25, 0.3) is 0 Å². The minimum atomic E-state index is -0.528. The van der Waals surface area contributed by atoms with E-state index in [-0.39, 0.29) is 11.8 Å². The number of halogens is 1. The third kappa shape index (κ3) is 4.73. The van der Waals surface area contributed by atoms with Crippen molar-refractivity contribution in [1.82, 2.24) is 4.90 Å². The first kappa shape index (κ1) is 19.3. The highest BCUT2D eigenvalue weighted by molar-refractivity contribution is 7.98. The molecule has 0 aliphatic carbocycles. The fourth-order valence-corrected chi connectivity index (χ4v) is 4.21. The SMILES string of the molecule is CCOC(=O)C1(Cc2cccc(F)c2)CCN(C(C)CSC)CC1. The molecule has 1 atom stereocenters. The first-order chi connectivity index (χ1) is 11.5. The molecule has 0 bridgehead atoms. The van der Waals surface area contributed by atoms with Crippen LogP contribution in [0, 0.1) is 11.2 Å². The smallest absolute Gasteiger partial charge is 0.312 e. The van der Waals surface area contributed by atoms with Crippen molar-refractivity contribution < 1.29 is 13.9 Å². The zero-order chi connectivity index (χ0) is 17.6. The molecule has 1 aliphatic rings. The summed E-state index contributed by atoms with van der Waals surface area (Å²) >= 11 is 1.85. The summed E-state index contributed by atoms with van der Waals surface area (Å²) < 4.78 is 18.9. The fourth-order valence-electron chi connectivity index (χ4n) is 3.51. The lowest BCUT2D eigenvalue weighted by atomic mass is 9.73. The third-order valence-electron chi connectivity index (χ3n) is 4.93. The Bertz CT molecular complexity index is 544. The summed E-state index contributed by atoms with van der Waals surface area (Å²) in [7, 11) is 0. The highest BCUT2D eigenvalue weighted by Gasteiger charge is 2.43. The van der Waals surface area contributed by atoms with Gasteiger partial charge in [0.15, 0.2) is 0 Å². The van der Waals surface area contributed by atoms with Crippen LogP contribution in [0.5, 0.6) is 0 Å². The molecule has 1 heterocycles. The van der Waals surface area contributed by atoms with E-state index in [1.165, 1.54) is 12.1 Å². The second kappa shape index (κ2) is 8.86. The molecule has 0 radical (unpaired) electrons. The lowest BCUT2D eigenvalue weighted by Crippen LogP contribution is -2.49. The molecular formula is C19H28FNO2S. The summed E-state index contributed by atoms with van der Waals surface area (Å²) in [6.07, 6.45) is 4.20. The number of hydrogen-bond donors (Lipinski definition) is 0. The lowest BCUT2D eigenvalue weighted by molar-refractivity contribution is -0.159. The van der Waals surface area contributed by atoms with E-state index in [9.17, 15) is 9.18 Å². The number of thioether (sulfide) groups is 1. The Morgan fingerprint density at radius 2 is 2.12 bits per heavy atom. The first-order valence-corrected chi connectivity index (χ1v) is 10.0. The summed E-state index contributed by atoms with van der Waals surface area (Å²) in [5.74, 6) is 0.708. The maximum Gasteiger partial charge on any atom is 0.312 e. The quantitative estimate of drug-likeness (QED) is 0.698. The molecule has 3 nitrogen and oxygen atoms in total. The van der Waals surface area contributed by atoms with Crippen molar-refractivity contribution in [2.45, 2.75) is 39.2 Å². The van der Waals surface area contributed by atoms with Gasteiger partial charge < -0.3 is 4.74 Å². The summed E-state index contributed by atoms with van der Waals surface area (Å²) in [6, 6.07) is 7.08. The number of ether oxygens (including phenoxy) is 1. The van der Waals surface area contributed by atoms with Gasteiger partial charge in [-0.2, -0.15) is 11.8 Å². The van der Waals surface area contributed by atoms with Crippen LogP contribution in [0.2, 0.25) is 0 Å². The van der Waals surface area contributed by atoms with E-state index in [1.54, 1.807) is 6.07 Å². The Labute approximate surface area is 148 Å². The molecule has 5 heteroatoms. The van der Waals surface area contributed by atoms with Crippen LogP contribution in [0.4, 0.5) is 4.39 Å². The highest BCUT2D eigenvalue weighted by Crippen LogP contribution is 2.37. The van der Waals surface area contributed by atoms with Gasteiger partial charge in [0, 0.05) is 11.8 Å². The minimum Gasteiger partial charge on any atom is -0.466 e. The molecule has 1 fully saturated rings. The van der Waals surface area contributed by atoms with Crippen molar-refractivity contribution in [1.29, 1.82) is 0 Å². The van der Waals surface area contributed by atoms with Crippen molar-refractivity contribution in [2.24, 2.45) is 5.41 Å². The van der Waals surface area contributed by atoms with Gasteiger partial charge in [-0.3, -0.25) is 9.69 Å². The van der Waals surface area contributed by atoms with Crippen LogP contribution in [-0.4, -0.2) is 48.6 Å². The zero-order valence-electron chi connectivity index (χ0n) is 14.9. The molecule has 0 saturated carbocycles. The number of carbonyl (C=O) groups is 1. The van der Waals surface area contributed by atoms with Crippen molar-refractivity contribution in [3.8, 4) is 0 Å². The third-order valence-corrected chi connectivity index (χ3v) is 5.74. The first-order valence-electron chi connectivity index (χ1n) is 8.65. The predicted octanol–water partition coefficient (Wildman–Crippen LogP) is 3.77. The van der Waals surface area contributed by atoms with Crippen molar-refractivity contribution >= 4 is 17.7 Å². The Hall–Kier alpha value is -1.07. The molecule has 1 aromatic carbocycles. The van der Waals surface area contributed by atoms with Crippen LogP contribution >= 0.6 is 11.8 Å². The molecule has 0 amide bonds. The van der Waals surface area contributed by atoms with Gasteiger partial charge in [0.1, 0.15) is 5.82 Å². The largest absolute Gasteiger partial charge is 0.466 e. The normalized spacial score (nSPS) is 19.0. The summed E-state index contributed by atoms with van der Waals surface area (Å²) in [5, 5.41) is 0. The van der Waals surface area contributed by atoms with E-state index in [4.69, 9.17) is 4.74 Å². The average Bonchev–Trinajstić information content (AvgIpc) is 2.56. The zero-order valence-corrected chi connectivity index (χ0v) is 15.7. The Morgan fingerprint density at radius 3 is 2.71 bits per heavy atom. The minimum absolute atomic E-state index is 0.133. The number of nitrogens with zero attached hydrogens (tertiary/aromatic N) is 1. The summed E-state index contributed by atoms with van der Waals surface area (Å²) in [5.41, 5.74) is 0.341. The molecule has 134 valence electrons. The van der Waals surface area contributed by atoms with E-state index in [0.717, 1.165) is 37.2 Å². The molecule has 0 spiro atoms. The van der Waals surface area contributed by atoms with E-state index in [1.807, 2.05) is 24.8 Å². The monoisotopic (exact) mass is 353 g/mol. The molecule has 2 rings (SSSR count). The Kier molecular flexibility index (Phi) is 7.11. The van der Waals surface area contributed by atoms with Gasteiger partial charge in [0.2, 0.25) is 0 Å². The molecule has 1 unspecified atom stereocenters. The van der Waals surface area contributed by atoms with Crippen molar-refractivity contribution in [3.05, 3.63) is 35.6 Å². The number of likely N-dealkylation sites (tertiary alicyclic amines) is 1. The standard InChI is InChI=1S/C19H28FNO2S/c1-4-23-18(22)19(13-16-6-5-7-17(20)12-16)8-10-21(11-9-19)15(2)14-24-3/h5-7,12,15H,4,8-11,13-14H2,1-3H3. The van der Waals surface area contributed by atoms with Crippen LogP contribution in [0.15, 0.2) is 24.3 Å². The topological polar surface area (TPSA) is 29.5 Å². The molecular weight excluding hydrogens is 325 g/mol. The van der Waals surface area contributed by atoms with E-state index < -0.39 is 5.41 Å². The predicted molar refractivity (Wildman–Crippen MR) is 97.8 cm³/mol. The average molecular weight is 354 g/mol. The van der Waals surface area contributed by atoms with Gasteiger partial charge in [-0.05, 0) is 70.2 Å². The van der Waals surface area contributed by atoms with Crippen LogP contribution < -0.4 is 0 Å². The molecule has 1 aliphatic heterocycles. The van der Waals surface area contributed by atoms with E-state index in [0.29, 0.717) is 19.1 Å². The van der Waals surface area contributed by atoms with Gasteiger partial charge in [0.05, 0.1) is 12.0 Å². The van der Waals surface area contributed by atoms with Crippen LogP contribution in [-0.2, 0) is 16.0 Å². The number of carbonyl (C=O) groups excluding carboxylic acids is 1. The number of esters is 1. The van der Waals surface area contributed by atoms with E-state index >= 15 is 0 Å². The van der Waals surface area contributed by atoms with Crippen LogP contribution in [0.3, 0.4) is 0 Å². The number of benzene rings is 1. The Balaban J connectivity index is 2.13. The number of hydrogen-bond acceptors (Lipinski definition) is 4. The maximum atomic E-state index is 13.5. The van der Waals surface area contributed by atoms with E-state index in [2.05, 4.69) is 18.1 Å². The Morgan fingerprint density at radius 1 is 1.42 bits per heavy atom. The second-order valence-corrected chi connectivity index (χ2v) is 7.56. The molecule has 0 N–H and O–H groups in total. The van der Waals surface area contributed by atoms with Gasteiger partial charge in [-0.15, -0.1) is 0 Å². The summed E-state index contributed by atoms with van der Waals surface area (Å²) in [6.45, 7) is 6.23. The number of rotatable bonds is 7. The molecule has 1 saturated heterocycles. The van der Waals surface area contributed by atoms with Crippen molar-refractivity contribution in [3.63, 3.8) is 0 Å². The van der Waals surface area contributed by atoms with Gasteiger partial charge >= 0.3 is 5.97 Å². The molecule has 1 aromatic rings. The fraction of sp³-hybridized carbons (Fsp3) is 0.632. The van der Waals surface area contributed by atoms with Crippen molar-refractivity contribution in [2.75, 3.05) is 31.7 Å². The lowest BCUT2D eigenvalue weighted by Gasteiger charge is -2.42. The highest BCUT2D eigenvalue weighted by atomic mass is 32.2. The summed E-state index contributed by atoms with van der Waals surface area (Å²) in [4.78, 5) is 15.1. The second-order valence-electron chi connectivity index (χ2n) is 6.65. The van der Waals surface area contributed by atoms with Gasteiger partial charge in [-0.25, -0.2) is 4.39 Å². The number of piperidine rings is 1. The van der Waals surface area contributed by atoms with Crippen LogP contribution in [0.1, 0.15) is 32.3 Å². The molecule has 24 heavy (non-hydrogen) atoms. The van der Waals surface area contributed by atoms with Gasteiger partial charge in [-0.1, -0.05) is 12.1 Å². The molecule has 0 aromatic heterocycles. The van der Waals surface area contributed by atoms with Gasteiger partial charge in [0.25, 0.3) is 0 Å². The maximum absolute atomic E-state index is 13.5.